The summed E-state index contributed by atoms with van der Waals surface area (Å²) in [5, 5.41) is 18.2. The molecule has 8 heteroatoms. The lowest BCUT2D eigenvalue weighted by Gasteiger charge is -2.29. The minimum atomic E-state index is -0.520. The third-order valence-corrected chi connectivity index (χ3v) is 5.32. The summed E-state index contributed by atoms with van der Waals surface area (Å²) in [6.07, 6.45) is 1.99. The molecular weight excluding hydrogens is 392 g/mol. The van der Waals surface area contributed by atoms with E-state index in [1.54, 1.807) is 4.68 Å². The molecular formula is C23H26N6O2. The van der Waals surface area contributed by atoms with Gasteiger partial charge in [-0.1, -0.05) is 54.8 Å². The lowest BCUT2D eigenvalue weighted by Crippen LogP contribution is -2.32. The highest BCUT2D eigenvalue weighted by molar-refractivity contribution is 6.06. The molecule has 0 saturated carbocycles. The summed E-state index contributed by atoms with van der Waals surface area (Å²) in [7, 11) is 0. The fourth-order valence-electron chi connectivity index (χ4n) is 3.66. The number of amides is 1. The number of aryl methyl sites for hydroxylation is 1. The largest absolute Gasteiger partial charge is 0.493 e. The molecule has 1 aliphatic heterocycles. The fourth-order valence-corrected chi connectivity index (χ4v) is 3.66. The van der Waals surface area contributed by atoms with Gasteiger partial charge >= 0.3 is 0 Å². The van der Waals surface area contributed by atoms with E-state index in [-0.39, 0.29) is 5.91 Å². The molecule has 0 spiro atoms. The molecule has 2 aromatic carbocycles. The number of unbranched alkanes of at least 4 members (excludes halogenated alkanes) is 1. The normalized spacial score (nSPS) is 15.3. The minimum Gasteiger partial charge on any atom is -0.493 e. The first-order chi connectivity index (χ1) is 15.1. The van der Waals surface area contributed by atoms with E-state index in [1.807, 2.05) is 62.4 Å². The number of allylic oxidation sites excluding steroid dienone is 1. The molecule has 1 atom stereocenters. The SMILES string of the molecule is CCCCOc1ccccc1C1C(C(=O)Nc2ccccc2C)=C(C)Nc2nnnn21. The van der Waals surface area contributed by atoms with Crippen LogP contribution in [0.25, 0.3) is 0 Å². The topological polar surface area (TPSA) is 94.0 Å². The number of fused-ring (bicyclic) bond motifs is 1. The molecule has 160 valence electrons. The molecule has 0 radical (unpaired) electrons. The minimum absolute atomic E-state index is 0.214. The number of hydrogen-bond donors (Lipinski definition) is 2. The van der Waals surface area contributed by atoms with Crippen LogP contribution in [-0.2, 0) is 4.79 Å². The van der Waals surface area contributed by atoms with Crippen molar-refractivity contribution < 1.29 is 9.53 Å². The van der Waals surface area contributed by atoms with Gasteiger partial charge in [0.1, 0.15) is 11.8 Å². The van der Waals surface area contributed by atoms with Gasteiger partial charge < -0.3 is 15.4 Å². The van der Waals surface area contributed by atoms with Crippen molar-refractivity contribution in [1.82, 2.24) is 20.2 Å². The van der Waals surface area contributed by atoms with Crippen LogP contribution in [0.5, 0.6) is 5.75 Å². The molecule has 0 aliphatic carbocycles. The lowest BCUT2D eigenvalue weighted by atomic mass is 9.94. The van der Waals surface area contributed by atoms with Gasteiger partial charge in [0.05, 0.1) is 12.2 Å². The lowest BCUT2D eigenvalue weighted by molar-refractivity contribution is -0.113. The van der Waals surface area contributed by atoms with Gasteiger partial charge in [0.15, 0.2) is 0 Å². The highest BCUT2D eigenvalue weighted by atomic mass is 16.5. The first-order valence-corrected chi connectivity index (χ1v) is 10.4. The number of benzene rings is 2. The number of rotatable bonds is 7. The van der Waals surface area contributed by atoms with Gasteiger partial charge in [-0.2, -0.15) is 4.68 Å². The third kappa shape index (κ3) is 4.14. The maximum absolute atomic E-state index is 13.5. The van der Waals surface area contributed by atoms with Crippen LogP contribution in [0, 0.1) is 6.92 Å². The molecule has 4 rings (SSSR count). The Morgan fingerprint density at radius 2 is 1.94 bits per heavy atom. The van der Waals surface area contributed by atoms with E-state index in [0.29, 0.717) is 23.8 Å². The number of carbonyl (C=O) groups excluding carboxylic acids is 1. The Morgan fingerprint density at radius 3 is 2.74 bits per heavy atom. The Balaban J connectivity index is 1.76. The average molecular weight is 419 g/mol. The molecule has 31 heavy (non-hydrogen) atoms. The highest BCUT2D eigenvalue weighted by Crippen LogP contribution is 2.39. The molecule has 2 heterocycles. The van der Waals surface area contributed by atoms with Crippen LogP contribution >= 0.6 is 0 Å². The predicted octanol–water partition coefficient (Wildman–Crippen LogP) is 4.09. The van der Waals surface area contributed by atoms with E-state index in [9.17, 15) is 4.79 Å². The standard InChI is InChI=1S/C23H26N6O2/c1-4-5-14-31-19-13-9-7-11-17(19)21-20(16(3)24-23-26-27-28-29(21)23)22(30)25-18-12-8-6-10-15(18)2/h6-13,21H,4-5,14H2,1-3H3,(H,25,30)(H,24,26,28). The second-order valence-corrected chi connectivity index (χ2v) is 7.52. The van der Waals surface area contributed by atoms with E-state index in [4.69, 9.17) is 4.74 Å². The van der Waals surface area contributed by atoms with E-state index in [2.05, 4.69) is 33.1 Å². The maximum atomic E-state index is 13.5. The smallest absolute Gasteiger partial charge is 0.255 e. The van der Waals surface area contributed by atoms with Crippen LogP contribution in [0.15, 0.2) is 59.8 Å². The van der Waals surface area contributed by atoms with Crippen LogP contribution < -0.4 is 15.4 Å². The molecule has 0 saturated heterocycles. The molecule has 0 bridgehead atoms. The van der Waals surface area contributed by atoms with Gasteiger partial charge in [-0.15, -0.1) is 0 Å². The number of para-hydroxylation sites is 2. The van der Waals surface area contributed by atoms with E-state index < -0.39 is 6.04 Å². The summed E-state index contributed by atoms with van der Waals surface area (Å²) in [6.45, 7) is 6.55. The Kier molecular flexibility index (Phi) is 5.97. The zero-order chi connectivity index (χ0) is 21.8. The predicted molar refractivity (Wildman–Crippen MR) is 119 cm³/mol. The number of aromatic nitrogens is 4. The van der Waals surface area contributed by atoms with Crippen LogP contribution in [-0.4, -0.2) is 32.7 Å². The van der Waals surface area contributed by atoms with Crippen molar-refractivity contribution >= 4 is 17.5 Å². The van der Waals surface area contributed by atoms with Crippen LogP contribution in [0.1, 0.15) is 43.9 Å². The Morgan fingerprint density at radius 1 is 1.16 bits per heavy atom. The zero-order valence-electron chi connectivity index (χ0n) is 17.9. The summed E-state index contributed by atoms with van der Waals surface area (Å²) >= 11 is 0. The highest BCUT2D eigenvalue weighted by Gasteiger charge is 2.35. The van der Waals surface area contributed by atoms with Crippen molar-refractivity contribution in [1.29, 1.82) is 0 Å². The molecule has 3 aromatic rings. The van der Waals surface area contributed by atoms with Crippen molar-refractivity contribution in [3.8, 4) is 5.75 Å². The van der Waals surface area contributed by atoms with Gasteiger partial charge in [-0.25, -0.2) is 0 Å². The maximum Gasteiger partial charge on any atom is 0.255 e. The molecule has 8 nitrogen and oxygen atoms in total. The Bertz CT molecular complexity index is 1120. The van der Waals surface area contributed by atoms with Gasteiger partial charge in [-0.05, 0) is 48.4 Å². The van der Waals surface area contributed by atoms with Crippen molar-refractivity contribution in [2.24, 2.45) is 0 Å². The quantitative estimate of drug-likeness (QED) is 0.562. The van der Waals surface area contributed by atoms with Crippen molar-refractivity contribution in [2.75, 3.05) is 17.2 Å². The first kappa shape index (κ1) is 20.6. The van der Waals surface area contributed by atoms with Crippen molar-refractivity contribution in [3.05, 3.63) is 70.9 Å². The summed E-state index contributed by atoms with van der Waals surface area (Å²) in [5.74, 6) is 0.991. The zero-order valence-corrected chi connectivity index (χ0v) is 17.9. The van der Waals surface area contributed by atoms with Gasteiger partial charge in [0.2, 0.25) is 5.95 Å². The summed E-state index contributed by atoms with van der Waals surface area (Å²) in [6, 6.07) is 14.9. The van der Waals surface area contributed by atoms with Gasteiger partial charge in [0, 0.05) is 16.9 Å². The van der Waals surface area contributed by atoms with Crippen molar-refractivity contribution in [2.45, 2.75) is 39.7 Å². The Labute approximate surface area is 181 Å². The number of nitrogens with one attached hydrogen (secondary N) is 2. The second-order valence-electron chi connectivity index (χ2n) is 7.52. The first-order valence-electron chi connectivity index (χ1n) is 10.4. The number of hydrogen-bond acceptors (Lipinski definition) is 6. The monoisotopic (exact) mass is 418 g/mol. The number of tetrazole rings is 1. The van der Waals surface area contributed by atoms with E-state index in [0.717, 1.165) is 35.4 Å². The third-order valence-electron chi connectivity index (χ3n) is 5.32. The number of carbonyl (C=O) groups is 1. The van der Waals surface area contributed by atoms with Crippen LogP contribution in [0.2, 0.25) is 0 Å². The fraction of sp³-hybridized carbons (Fsp3) is 0.304. The summed E-state index contributed by atoms with van der Waals surface area (Å²) in [5.41, 5.74) is 3.82. The van der Waals surface area contributed by atoms with Crippen LogP contribution in [0.4, 0.5) is 11.6 Å². The molecule has 1 aliphatic rings. The van der Waals surface area contributed by atoms with Crippen LogP contribution in [0.3, 0.4) is 0 Å². The molecule has 0 fully saturated rings. The molecule has 1 amide bonds. The molecule has 1 unspecified atom stereocenters. The van der Waals surface area contributed by atoms with Gasteiger partial charge in [0.25, 0.3) is 5.91 Å². The number of nitrogens with zero attached hydrogens (tertiary/aromatic N) is 4. The number of anilines is 2. The van der Waals surface area contributed by atoms with Crippen molar-refractivity contribution in [3.63, 3.8) is 0 Å². The van der Waals surface area contributed by atoms with E-state index in [1.165, 1.54) is 0 Å². The summed E-state index contributed by atoms with van der Waals surface area (Å²) in [4.78, 5) is 13.5. The molecule has 2 N–H and O–H groups in total. The average Bonchev–Trinajstić information content (AvgIpc) is 3.23. The van der Waals surface area contributed by atoms with Gasteiger partial charge in [-0.3, -0.25) is 4.79 Å². The Hall–Kier alpha value is -3.68. The summed E-state index contributed by atoms with van der Waals surface area (Å²) < 4.78 is 7.69. The number of ether oxygens (including phenoxy) is 1. The second kappa shape index (κ2) is 8.99. The van der Waals surface area contributed by atoms with E-state index >= 15 is 0 Å². The molecule has 1 aromatic heterocycles.